The van der Waals surface area contributed by atoms with E-state index >= 15 is 0 Å². The molecule has 2 aliphatic rings. The van der Waals surface area contributed by atoms with Gasteiger partial charge < -0.3 is 0 Å². The maximum Gasteiger partial charge on any atom is 0.243 e. The summed E-state index contributed by atoms with van der Waals surface area (Å²) in [7, 11) is 0. The van der Waals surface area contributed by atoms with Crippen LogP contribution in [-0.4, -0.2) is 18.4 Å². The van der Waals surface area contributed by atoms with Crippen molar-refractivity contribution in [1.29, 1.82) is 0 Å². The molecule has 3 nitrogen and oxygen atoms in total. The molecule has 2 atom stereocenters. The molecule has 2 aliphatic carbocycles. The third kappa shape index (κ3) is 2.90. The normalized spacial score (nSPS) is 28.1. The van der Waals surface area contributed by atoms with E-state index in [1.807, 2.05) is 12.1 Å². The minimum atomic E-state index is 0.110. The first-order valence-electron chi connectivity index (χ1n) is 7.26. The lowest BCUT2D eigenvalue weighted by atomic mass is 10.0. The fraction of sp³-hybridized carbons (Fsp3) is 0.500. The Morgan fingerprint density at radius 1 is 1.25 bits per heavy atom. The number of nitrogens with zero attached hydrogens (tertiary/aromatic N) is 1. The number of hydrazone groups is 1. The van der Waals surface area contributed by atoms with E-state index in [0.717, 1.165) is 5.56 Å². The predicted molar refractivity (Wildman–Crippen MR) is 82.9 cm³/mol. The molecule has 106 valence electrons. The van der Waals surface area contributed by atoms with Crippen LogP contribution in [0.5, 0.6) is 0 Å². The van der Waals surface area contributed by atoms with Gasteiger partial charge in [-0.1, -0.05) is 25.0 Å². The maximum absolute atomic E-state index is 12.0. The molecule has 0 saturated heterocycles. The monoisotopic (exact) mass is 288 g/mol. The Morgan fingerprint density at radius 3 is 2.50 bits per heavy atom. The fourth-order valence-corrected chi connectivity index (χ4v) is 3.72. The number of rotatable bonds is 4. The summed E-state index contributed by atoms with van der Waals surface area (Å²) < 4.78 is 0. The topological polar surface area (TPSA) is 41.5 Å². The Hall–Kier alpha value is -1.29. The summed E-state index contributed by atoms with van der Waals surface area (Å²) in [5.41, 5.74) is 3.71. The molecule has 3 rings (SSSR count). The number of amides is 1. The number of thioether (sulfide) groups is 1. The minimum absolute atomic E-state index is 0.110. The van der Waals surface area contributed by atoms with Crippen molar-refractivity contribution in [1.82, 2.24) is 5.43 Å². The van der Waals surface area contributed by atoms with E-state index in [4.69, 9.17) is 0 Å². The zero-order valence-corrected chi connectivity index (χ0v) is 12.5. The van der Waals surface area contributed by atoms with Crippen LogP contribution in [0.25, 0.3) is 0 Å². The number of carbonyl (C=O) groups excluding carboxylic acids is 1. The summed E-state index contributed by atoms with van der Waals surface area (Å²) in [6, 6.07) is 8.14. The van der Waals surface area contributed by atoms with Gasteiger partial charge in [0.15, 0.2) is 0 Å². The highest BCUT2D eigenvalue weighted by Gasteiger charge is 2.54. The Bertz CT molecular complexity index is 500. The number of carbonyl (C=O) groups is 1. The predicted octanol–water partition coefficient (Wildman–Crippen LogP) is 3.29. The van der Waals surface area contributed by atoms with Crippen LogP contribution in [-0.2, 0) is 4.79 Å². The SMILES string of the molecule is CSc1ccc(/C=N\NC(=O)C2[C@@H]3CCCC[C@@H]23)cc1. The van der Waals surface area contributed by atoms with Gasteiger partial charge in [0.05, 0.1) is 6.21 Å². The molecule has 1 aromatic rings. The van der Waals surface area contributed by atoms with Gasteiger partial charge in [-0.2, -0.15) is 5.10 Å². The van der Waals surface area contributed by atoms with E-state index in [0.29, 0.717) is 11.8 Å². The summed E-state index contributed by atoms with van der Waals surface area (Å²) in [6.07, 6.45) is 8.80. The van der Waals surface area contributed by atoms with Crippen LogP contribution in [0.15, 0.2) is 34.3 Å². The first-order valence-corrected chi connectivity index (χ1v) is 8.49. The van der Waals surface area contributed by atoms with E-state index in [1.165, 1.54) is 30.6 Å². The largest absolute Gasteiger partial charge is 0.273 e. The molecule has 2 fully saturated rings. The molecular formula is C16H20N2OS. The van der Waals surface area contributed by atoms with Gasteiger partial charge in [0, 0.05) is 10.8 Å². The van der Waals surface area contributed by atoms with E-state index in [9.17, 15) is 4.79 Å². The average Bonchev–Trinajstić information content (AvgIpc) is 3.22. The molecule has 0 radical (unpaired) electrons. The van der Waals surface area contributed by atoms with Crippen molar-refractivity contribution in [2.45, 2.75) is 30.6 Å². The van der Waals surface area contributed by atoms with Crippen molar-refractivity contribution in [3.8, 4) is 0 Å². The van der Waals surface area contributed by atoms with E-state index in [-0.39, 0.29) is 11.8 Å². The third-order valence-electron chi connectivity index (χ3n) is 4.46. The molecule has 1 aromatic carbocycles. The smallest absolute Gasteiger partial charge is 0.243 e. The van der Waals surface area contributed by atoms with Gasteiger partial charge in [0.25, 0.3) is 0 Å². The second-order valence-electron chi connectivity index (χ2n) is 5.65. The molecular weight excluding hydrogens is 268 g/mol. The first kappa shape index (κ1) is 13.7. The second-order valence-corrected chi connectivity index (χ2v) is 6.53. The molecule has 1 N–H and O–H groups in total. The molecule has 0 spiro atoms. The number of nitrogens with one attached hydrogen (secondary N) is 1. The van der Waals surface area contributed by atoms with E-state index < -0.39 is 0 Å². The maximum atomic E-state index is 12.0. The molecule has 20 heavy (non-hydrogen) atoms. The molecule has 0 unspecified atom stereocenters. The lowest BCUT2D eigenvalue weighted by Gasteiger charge is -2.04. The zero-order chi connectivity index (χ0) is 13.9. The van der Waals surface area contributed by atoms with Crippen LogP contribution < -0.4 is 5.43 Å². The van der Waals surface area contributed by atoms with Crippen molar-refractivity contribution in [2.75, 3.05) is 6.26 Å². The van der Waals surface area contributed by atoms with Crippen LogP contribution in [0.3, 0.4) is 0 Å². The van der Waals surface area contributed by atoms with Gasteiger partial charge in [-0.15, -0.1) is 11.8 Å². The Morgan fingerprint density at radius 2 is 1.90 bits per heavy atom. The van der Waals surface area contributed by atoms with Gasteiger partial charge in [0.2, 0.25) is 5.91 Å². The van der Waals surface area contributed by atoms with Crippen LogP contribution in [0.4, 0.5) is 0 Å². The van der Waals surface area contributed by atoms with Crippen molar-refractivity contribution in [3.05, 3.63) is 29.8 Å². The number of hydrogen-bond acceptors (Lipinski definition) is 3. The molecule has 4 heteroatoms. The Kier molecular flexibility index (Phi) is 4.10. The fourth-order valence-electron chi connectivity index (χ4n) is 3.32. The average molecular weight is 288 g/mol. The quantitative estimate of drug-likeness (QED) is 0.525. The van der Waals surface area contributed by atoms with Gasteiger partial charge in [-0.3, -0.25) is 4.79 Å². The Balaban J connectivity index is 1.51. The zero-order valence-electron chi connectivity index (χ0n) is 11.7. The van der Waals surface area contributed by atoms with E-state index in [1.54, 1.807) is 18.0 Å². The van der Waals surface area contributed by atoms with Crippen LogP contribution in [0.1, 0.15) is 31.2 Å². The standard InChI is InChI=1S/C16H20N2OS/c1-20-12-8-6-11(7-9-12)10-17-18-16(19)15-13-4-2-3-5-14(13)15/h6-10,13-15H,2-5H2,1H3,(H,18,19)/b17-10-/t13-,14-/m1/s1. The lowest BCUT2D eigenvalue weighted by molar-refractivity contribution is -0.122. The highest BCUT2D eigenvalue weighted by molar-refractivity contribution is 7.98. The highest BCUT2D eigenvalue weighted by atomic mass is 32.2. The highest BCUT2D eigenvalue weighted by Crippen LogP contribution is 2.55. The second kappa shape index (κ2) is 6.00. The number of hydrogen-bond donors (Lipinski definition) is 1. The molecule has 0 aliphatic heterocycles. The molecule has 0 heterocycles. The van der Waals surface area contributed by atoms with Crippen molar-refractivity contribution in [2.24, 2.45) is 22.9 Å². The summed E-state index contributed by atoms with van der Waals surface area (Å²) in [5.74, 6) is 1.62. The van der Waals surface area contributed by atoms with Crippen molar-refractivity contribution >= 4 is 23.9 Å². The molecule has 0 bridgehead atoms. The van der Waals surface area contributed by atoms with Gasteiger partial charge in [-0.05, 0) is 48.6 Å². The van der Waals surface area contributed by atoms with Crippen LogP contribution >= 0.6 is 11.8 Å². The third-order valence-corrected chi connectivity index (χ3v) is 5.21. The summed E-state index contributed by atoms with van der Waals surface area (Å²) in [4.78, 5) is 13.3. The van der Waals surface area contributed by atoms with Crippen molar-refractivity contribution in [3.63, 3.8) is 0 Å². The van der Waals surface area contributed by atoms with Crippen LogP contribution in [0, 0.1) is 17.8 Å². The summed E-state index contributed by atoms with van der Waals surface area (Å²) in [5, 5.41) is 4.08. The number of benzene rings is 1. The molecule has 1 amide bonds. The van der Waals surface area contributed by atoms with Gasteiger partial charge >= 0.3 is 0 Å². The minimum Gasteiger partial charge on any atom is -0.273 e. The molecule has 0 aromatic heterocycles. The first-order chi connectivity index (χ1) is 9.79. The van der Waals surface area contributed by atoms with Crippen molar-refractivity contribution < 1.29 is 4.79 Å². The summed E-state index contributed by atoms with van der Waals surface area (Å²) >= 11 is 1.72. The lowest BCUT2D eigenvalue weighted by Crippen LogP contribution is -2.20. The summed E-state index contributed by atoms with van der Waals surface area (Å²) in [6.45, 7) is 0. The van der Waals surface area contributed by atoms with E-state index in [2.05, 4.69) is 28.9 Å². The number of fused-ring (bicyclic) bond motifs is 1. The van der Waals surface area contributed by atoms with Crippen LogP contribution in [0.2, 0.25) is 0 Å². The Labute approximate surface area is 124 Å². The molecule has 2 saturated carbocycles. The van der Waals surface area contributed by atoms with Gasteiger partial charge in [0.1, 0.15) is 0 Å². The van der Waals surface area contributed by atoms with Gasteiger partial charge in [-0.25, -0.2) is 5.43 Å².